The summed E-state index contributed by atoms with van der Waals surface area (Å²) in [5.74, 6) is -1.70. The van der Waals surface area contributed by atoms with Gasteiger partial charge in [-0.2, -0.15) is 0 Å². The van der Waals surface area contributed by atoms with Gasteiger partial charge in [-0.1, -0.05) is 0 Å². The second-order valence-corrected chi connectivity index (χ2v) is 2.71. The minimum absolute atomic E-state index is 0.190. The van der Waals surface area contributed by atoms with Gasteiger partial charge in [0.1, 0.15) is 25.1 Å². The largest absolute Gasteiger partial charge is 0.480 e. The molecule has 0 amide bonds. The number of ether oxygens (including phenoxy) is 3. The monoisotopic (exact) mass is 256 g/mol. The van der Waals surface area contributed by atoms with Crippen LogP contribution in [0.1, 0.15) is 0 Å². The number of aliphatic carboxylic acids is 1. The van der Waals surface area contributed by atoms with Crippen LogP contribution in [0.2, 0.25) is 0 Å². The topological polar surface area (TPSA) is 91.3 Å². The summed E-state index contributed by atoms with van der Waals surface area (Å²) < 4.78 is 18.3. The number of carboxylic acid groups (broad SMARTS) is 1. The molecule has 16 heavy (non-hydrogen) atoms. The fourth-order valence-electron chi connectivity index (χ4n) is 0.675. The Bertz CT molecular complexity index is 209. The van der Waals surface area contributed by atoms with Crippen LogP contribution < -0.4 is 0 Å². The maximum absolute atomic E-state index is 10.5. The molecule has 0 atom stereocenters. The zero-order valence-electron chi connectivity index (χ0n) is 8.52. The molecule has 0 bridgehead atoms. The number of carbonyl (C=O) groups excluding carboxylic acids is 1. The van der Waals surface area contributed by atoms with E-state index in [0.29, 0.717) is 0 Å². The van der Waals surface area contributed by atoms with E-state index in [0.717, 1.165) is 0 Å². The fraction of sp³-hybridized carbons (Fsp3) is 0.750. The normalized spacial score (nSPS) is 10.1. The van der Waals surface area contributed by atoms with E-state index in [-0.39, 0.29) is 39.6 Å². The molecule has 0 aromatic rings. The van der Waals surface area contributed by atoms with Crippen molar-refractivity contribution in [1.82, 2.24) is 0 Å². The van der Waals surface area contributed by atoms with Gasteiger partial charge in [0.05, 0.1) is 26.4 Å². The average molecular weight is 257 g/mol. The van der Waals surface area contributed by atoms with E-state index in [2.05, 4.69) is 4.29 Å². The van der Waals surface area contributed by atoms with E-state index in [1.165, 1.54) is 0 Å². The molecule has 8 heteroatoms. The number of carboxylic acids is 1. The lowest BCUT2D eigenvalue weighted by Gasteiger charge is -2.04. The van der Waals surface area contributed by atoms with Crippen LogP contribution in [0.25, 0.3) is 0 Å². The van der Waals surface area contributed by atoms with Crippen LogP contribution in [0.5, 0.6) is 0 Å². The maximum Gasteiger partial charge on any atom is 0.350 e. The van der Waals surface area contributed by atoms with E-state index < -0.39 is 11.9 Å². The minimum Gasteiger partial charge on any atom is -0.480 e. The Balaban J connectivity index is 3.04. The first kappa shape index (κ1) is 15.1. The molecule has 0 aromatic carbocycles. The first-order chi connectivity index (χ1) is 7.66. The van der Waals surface area contributed by atoms with Crippen LogP contribution in [-0.2, 0) is 28.1 Å². The standard InChI is InChI=1S/C8H13ClO7/c9-16-8(12)6-15-4-2-13-1-3-14-5-7(10)11/h1-6H2,(H,10,11). The Morgan fingerprint density at radius 1 is 0.938 bits per heavy atom. The second-order valence-electron chi connectivity index (χ2n) is 2.56. The summed E-state index contributed by atoms with van der Waals surface area (Å²) in [5, 5.41) is 8.22. The minimum atomic E-state index is -1.03. The van der Waals surface area contributed by atoms with Crippen molar-refractivity contribution in [3.05, 3.63) is 0 Å². The third-order valence-electron chi connectivity index (χ3n) is 1.28. The number of hydrogen-bond donors (Lipinski definition) is 1. The maximum atomic E-state index is 10.5. The highest BCUT2D eigenvalue weighted by atomic mass is 35.5. The second kappa shape index (κ2) is 10.6. The predicted molar refractivity (Wildman–Crippen MR) is 52.0 cm³/mol. The summed E-state index contributed by atoms with van der Waals surface area (Å²) in [6, 6.07) is 0. The van der Waals surface area contributed by atoms with Gasteiger partial charge in [-0.25, -0.2) is 9.59 Å². The average Bonchev–Trinajstić information content (AvgIpc) is 2.26. The third kappa shape index (κ3) is 11.2. The molecule has 0 aliphatic rings. The molecular formula is C8H13ClO7. The highest BCUT2D eigenvalue weighted by molar-refractivity contribution is 6.13. The molecule has 0 aliphatic heterocycles. The van der Waals surface area contributed by atoms with Crippen molar-refractivity contribution < 1.29 is 33.2 Å². The lowest BCUT2D eigenvalue weighted by Crippen LogP contribution is -2.15. The van der Waals surface area contributed by atoms with Gasteiger partial charge in [0.2, 0.25) is 0 Å². The number of halogens is 1. The SMILES string of the molecule is O=C(O)COCCOCCOCC(=O)OCl. The van der Waals surface area contributed by atoms with Crippen LogP contribution in [-0.4, -0.2) is 56.7 Å². The molecule has 0 fully saturated rings. The van der Waals surface area contributed by atoms with Gasteiger partial charge in [-0.05, 0) is 0 Å². The van der Waals surface area contributed by atoms with E-state index in [1.54, 1.807) is 0 Å². The van der Waals surface area contributed by atoms with Crippen molar-refractivity contribution in [2.45, 2.75) is 0 Å². The number of rotatable bonds is 10. The number of carbonyl (C=O) groups is 2. The summed E-state index contributed by atoms with van der Waals surface area (Å²) in [5.41, 5.74) is 0. The highest BCUT2D eigenvalue weighted by Crippen LogP contribution is 1.85. The Labute approximate surface area is 97.3 Å². The Morgan fingerprint density at radius 3 is 1.94 bits per heavy atom. The van der Waals surface area contributed by atoms with Gasteiger partial charge in [0, 0.05) is 0 Å². The van der Waals surface area contributed by atoms with E-state index in [1.807, 2.05) is 0 Å². The Kier molecular flexibility index (Phi) is 10.0. The Morgan fingerprint density at radius 2 is 1.44 bits per heavy atom. The molecule has 0 unspecified atom stereocenters. The summed E-state index contributed by atoms with van der Waals surface area (Å²) in [4.78, 5) is 20.5. The molecule has 1 N–H and O–H groups in total. The molecule has 0 spiro atoms. The zero-order chi connectivity index (χ0) is 12.2. The van der Waals surface area contributed by atoms with Gasteiger partial charge in [-0.15, -0.1) is 0 Å². The molecule has 94 valence electrons. The van der Waals surface area contributed by atoms with Gasteiger partial charge in [0.15, 0.2) is 0 Å². The van der Waals surface area contributed by atoms with Crippen molar-refractivity contribution in [2.24, 2.45) is 0 Å². The van der Waals surface area contributed by atoms with E-state index in [9.17, 15) is 9.59 Å². The van der Waals surface area contributed by atoms with Crippen molar-refractivity contribution in [3.8, 4) is 0 Å². The third-order valence-corrected chi connectivity index (χ3v) is 1.45. The predicted octanol–water partition coefficient (Wildman–Crippen LogP) is -0.182. The van der Waals surface area contributed by atoms with Crippen LogP contribution in [0, 0.1) is 0 Å². The highest BCUT2D eigenvalue weighted by Gasteiger charge is 2.00. The molecule has 0 rings (SSSR count). The van der Waals surface area contributed by atoms with Gasteiger partial charge >= 0.3 is 11.9 Å². The fourth-order valence-corrected chi connectivity index (χ4v) is 0.720. The first-order valence-electron chi connectivity index (χ1n) is 4.43. The van der Waals surface area contributed by atoms with Crippen molar-refractivity contribution >= 4 is 23.8 Å². The molecule has 7 nitrogen and oxygen atoms in total. The Hall–Kier alpha value is -0.890. The first-order valence-corrected chi connectivity index (χ1v) is 4.74. The lowest BCUT2D eigenvalue weighted by molar-refractivity contribution is -0.142. The van der Waals surface area contributed by atoms with Crippen molar-refractivity contribution in [1.29, 1.82) is 0 Å². The zero-order valence-corrected chi connectivity index (χ0v) is 9.27. The molecular weight excluding hydrogens is 244 g/mol. The molecule has 0 saturated heterocycles. The van der Waals surface area contributed by atoms with Crippen molar-refractivity contribution in [3.63, 3.8) is 0 Å². The summed E-state index contributed by atoms with van der Waals surface area (Å²) in [7, 11) is 0. The molecule has 0 aliphatic carbocycles. The van der Waals surface area contributed by atoms with Crippen LogP contribution >= 0.6 is 11.9 Å². The summed E-state index contributed by atoms with van der Waals surface area (Å²) in [6.07, 6.45) is 0. The summed E-state index contributed by atoms with van der Waals surface area (Å²) in [6.45, 7) is 0.354. The van der Waals surface area contributed by atoms with E-state index >= 15 is 0 Å². The van der Waals surface area contributed by atoms with E-state index in [4.69, 9.17) is 31.2 Å². The molecule has 0 radical (unpaired) electrons. The van der Waals surface area contributed by atoms with Crippen LogP contribution in [0.15, 0.2) is 0 Å². The van der Waals surface area contributed by atoms with Gasteiger partial charge < -0.3 is 23.6 Å². The summed E-state index contributed by atoms with van der Waals surface area (Å²) >= 11 is 4.75. The van der Waals surface area contributed by atoms with Crippen molar-refractivity contribution in [2.75, 3.05) is 39.6 Å². The quantitative estimate of drug-likeness (QED) is 0.542. The van der Waals surface area contributed by atoms with Gasteiger partial charge in [-0.3, -0.25) is 0 Å². The number of hydrogen-bond acceptors (Lipinski definition) is 6. The molecule has 0 aromatic heterocycles. The van der Waals surface area contributed by atoms with Crippen LogP contribution in [0.4, 0.5) is 0 Å². The lowest BCUT2D eigenvalue weighted by atomic mass is 10.7. The molecule has 0 heterocycles. The van der Waals surface area contributed by atoms with Gasteiger partial charge in [0.25, 0.3) is 0 Å². The molecule has 0 saturated carbocycles. The smallest absolute Gasteiger partial charge is 0.350 e. The van der Waals surface area contributed by atoms with Crippen LogP contribution in [0.3, 0.4) is 0 Å².